The van der Waals surface area contributed by atoms with Crippen LogP contribution in [0, 0.1) is 11.8 Å². The van der Waals surface area contributed by atoms with E-state index in [1.807, 2.05) is 75.6 Å². The summed E-state index contributed by atoms with van der Waals surface area (Å²) in [4.78, 5) is 154. The summed E-state index contributed by atoms with van der Waals surface area (Å²) in [6.45, 7) is 9.49. The molecular weight excluding hydrogens is 1230 g/mol. The monoisotopic (exact) mass is 1330 g/mol. The number of likely N-dealkylation sites (tertiary alicyclic amines) is 1. The fraction of sp³-hybridized carbons (Fsp3) is 0.578. The fourth-order valence-corrected chi connectivity index (χ4v) is 12.0. The average Bonchev–Trinajstić information content (AvgIpc) is 1.77. The van der Waals surface area contributed by atoms with Crippen molar-refractivity contribution in [2.24, 2.45) is 39.8 Å². The zero-order chi connectivity index (χ0) is 68.3. The van der Waals surface area contributed by atoms with Crippen molar-refractivity contribution in [1.82, 2.24) is 57.4 Å². The van der Waals surface area contributed by atoms with Gasteiger partial charge in [0, 0.05) is 60.1 Å². The Hall–Kier alpha value is -7.89. The molecule has 93 heavy (non-hydrogen) atoms. The number of carboxylic acid groups (broad SMARTS) is 1. The highest BCUT2D eigenvalue weighted by molar-refractivity contribution is 7.98. The van der Waals surface area contributed by atoms with Crippen LogP contribution >= 0.6 is 23.5 Å². The smallest absolute Gasteiger partial charge is 0.326 e. The quantitative estimate of drug-likeness (QED) is 0.0170. The van der Waals surface area contributed by atoms with Gasteiger partial charge in [0.25, 0.3) is 0 Å². The third-order valence-electron chi connectivity index (χ3n) is 16.5. The highest BCUT2D eigenvalue weighted by Crippen LogP contribution is 2.24. The van der Waals surface area contributed by atoms with Gasteiger partial charge in [-0.2, -0.15) is 23.5 Å². The Morgan fingerprint density at radius 1 is 0.613 bits per heavy atom. The predicted molar refractivity (Wildman–Crippen MR) is 363 cm³/mol. The molecule has 1 fully saturated rings. The Labute approximate surface area is 552 Å². The summed E-state index contributed by atoms with van der Waals surface area (Å²) in [6, 6.07) is 2.88. The van der Waals surface area contributed by atoms with Crippen LogP contribution in [-0.4, -0.2) is 189 Å². The molecular formula is C64H98N16O11S2. The first-order chi connectivity index (χ1) is 44.4. The fourth-order valence-electron chi connectivity index (χ4n) is 11.1. The number of thioether (sulfide) groups is 2. The van der Waals surface area contributed by atoms with Crippen LogP contribution in [0.1, 0.15) is 116 Å². The number of nitrogens with one attached hydrogen (secondary N) is 10. The first-order valence-corrected chi connectivity index (χ1v) is 34.7. The molecule has 11 atom stereocenters. The number of carbonyl (C=O) groups excluding carboxylic acids is 9. The van der Waals surface area contributed by atoms with Crippen LogP contribution in [0.4, 0.5) is 0 Å². The molecule has 4 aromatic rings. The number of aliphatic carboxylic acids is 1. The standard InChI is InChI=1S/C64H98N16O11S2/c1-8-37(4)53(79-56(83)45(21-13-14-26-65)72-58(85)50(32-39-34-70-43-19-11-9-17-41(39)43)77-60(87)52-23-16-28-80(52)62(89)38(5)66)61(88)78-51(33-40-35-71-44-20-12-10-18-42(40)44)59(86)74-47(24-29-92-6)55(82)76-49(31-36(2)3)57(84)73-46(22-15-27-69-64(67)68)54(81)75-48(63(90)91)25-30-93-7/h9-12,17-20,34-38,45-53,70-71H,8,13-16,21-33,65-66H2,1-7H3,(H,72,85)(H,73,84)(H,74,86)(H,75,81)(H,76,82)(H,77,87)(H,78,88)(H,79,83)(H,90,91)(H4,67,68,69)/t37-,38-,45-,46-,47-,48-,49-,50-,51-,52-,53-/m0/s1. The van der Waals surface area contributed by atoms with Gasteiger partial charge >= 0.3 is 5.97 Å². The second-order valence-electron chi connectivity index (χ2n) is 24.2. The number of nitrogens with two attached hydrogens (primary N) is 4. The number of para-hydroxylation sites is 2. The minimum atomic E-state index is -1.38. The maximum atomic E-state index is 15.0. The Bertz CT molecular complexity index is 3190. The number of H-pyrrole nitrogens is 2. The largest absolute Gasteiger partial charge is 0.480 e. The van der Waals surface area contributed by atoms with Gasteiger partial charge in [-0.3, -0.25) is 48.1 Å². The molecule has 0 bridgehead atoms. The van der Waals surface area contributed by atoms with E-state index < -0.39 is 125 Å². The Morgan fingerprint density at radius 2 is 1.08 bits per heavy atom. The van der Waals surface area contributed by atoms with E-state index in [-0.39, 0.29) is 76.3 Å². The van der Waals surface area contributed by atoms with Crippen molar-refractivity contribution in [3.8, 4) is 0 Å². The molecule has 2 aromatic heterocycles. The maximum absolute atomic E-state index is 15.0. The highest BCUT2D eigenvalue weighted by atomic mass is 32.2. The van der Waals surface area contributed by atoms with Crippen molar-refractivity contribution in [1.29, 1.82) is 0 Å². The minimum absolute atomic E-state index is 0.00101. The van der Waals surface area contributed by atoms with Crippen LogP contribution in [0.2, 0.25) is 0 Å². The lowest BCUT2D eigenvalue weighted by Crippen LogP contribution is -2.61. The topological polar surface area (TPSA) is 438 Å². The second-order valence-corrected chi connectivity index (χ2v) is 26.1. The number of carboxylic acids is 1. The molecule has 29 heteroatoms. The normalized spacial score (nSPS) is 16.3. The molecule has 0 aliphatic carbocycles. The molecule has 0 saturated carbocycles. The number of guanidine groups is 1. The lowest BCUT2D eigenvalue weighted by atomic mass is 9.96. The number of aliphatic imine (C=N–C) groups is 1. The van der Waals surface area contributed by atoms with Gasteiger partial charge in [0.2, 0.25) is 53.2 Å². The number of hydrogen-bond donors (Lipinski definition) is 15. The summed E-state index contributed by atoms with van der Waals surface area (Å²) < 4.78 is 0. The molecule has 1 aliphatic heterocycles. The van der Waals surface area contributed by atoms with Crippen LogP contribution in [0.25, 0.3) is 21.8 Å². The minimum Gasteiger partial charge on any atom is -0.480 e. The van der Waals surface area contributed by atoms with Crippen molar-refractivity contribution in [3.05, 3.63) is 72.1 Å². The number of carbonyl (C=O) groups is 10. The van der Waals surface area contributed by atoms with Crippen molar-refractivity contribution in [3.63, 3.8) is 0 Å². The van der Waals surface area contributed by atoms with Gasteiger partial charge in [0.1, 0.15) is 54.4 Å². The van der Waals surface area contributed by atoms with Crippen LogP contribution in [0.15, 0.2) is 65.9 Å². The lowest BCUT2D eigenvalue weighted by molar-refractivity contribution is -0.142. The summed E-state index contributed by atoms with van der Waals surface area (Å²) >= 11 is 2.80. The number of nitrogens with zero attached hydrogens (tertiary/aromatic N) is 2. The summed E-state index contributed by atoms with van der Waals surface area (Å²) in [5.74, 6) is -7.49. The molecule has 3 heterocycles. The SMILES string of the molecule is CC[C@H](C)[C@H](NC(=O)[C@H](CCCCN)NC(=O)[C@H](Cc1c[nH]c2ccccc12)NC(=O)[C@@H]1CCCN1C(=O)[C@H](C)N)C(=O)N[C@@H](Cc1c[nH]c2ccccc12)C(=O)N[C@@H](CCSC)C(=O)N[C@@H](CC(C)C)C(=O)N[C@@H](CCCN=C(N)N)C(=O)N[C@@H](CCSC)C(=O)O. The summed E-state index contributed by atoms with van der Waals surface area (Å²) in [6.07, 6.45) is 9.72. The van der Waals surface area contributed by atoms with Crippen molar-refractivity contribution in [2.45, 2.75) is 179 Å². The van der Waals surface area contributed by atoms with Gasteiger partial charge in [-0.15, -0.1) is 0 Å². The van der Waals surface area contributed by atoms with Crippen LogP contribution in [0.5, 0.6) is 0 Å². The molecule has 5 rings (SSSR count). The Morgan fingerprint density at radius 3 is 1.58 bits per heavy atom. The number of aromatic amines is 2. The summed E-state index contributed by atoms with van der Waals surface area (Å²) in [5, 5.41) is 34.0. The molecule has 0 unspecified atom stereocenters. The summed E-state index contributed by atoms with van der Waals surface area (Å²) in [7, 11) is 0. The number of unbranched alkanes of at least 4 members (excludes halogenated alkanes) is 1. The Kier molecular flexibility index (Phi) is 31.3. The van der Waals surface area contributed by atoms with E-state index in [9.17, 15) is 43.5 Å². The van der Waals surface area contributed by atoms with E-state index in [1.165, 1.54) is 28.4 Å². The van der Waals surface area contributed by atoms with Gasteiger partial charge in [-0.25, -0.2) is 4.79 Å². The van der Waals surface area contributed by atoms with Gasteiger partial charge in [0.05, 0.1) is 6.04 Å². The second kappa shape index (κ2) is 38.3. The van der Waals surface area contributed by atoms with E-state index in [0.29, 0.717) is 61.3 Å². The van der Waals surface area contributed by atoms with Gasteiger partial charge in [-0.05, 0) is 137 Å². The first kappa shape index (κ1) is 75.8. The molecule has 0 spiro atoms. The summed E-state index contributed by atoms with van der Waals surface area (Å²) in [5.41, 5.74) is 25.8. The third-order valence-corrected chi connectivity index (χ3v) is 17.7. The zero-order valence-corrected chi connectivity index (χ0v) is 56.1. The zero-order valence-electron chi connectivity index (χ0n) is 54.5. The van der Waals surface area contributed by atoms with Crippen LogP contribution in [-0.2, 0) is 60.8 Å². The van der Waals surface area contributed by atoms with E-state index in [2.05, 4.69) is 57.5 Å². The predicted octanol–water partition coefficient (Wildman–Crippen LogP) is 1.52. The highest BCUT2D eigenvalue weighted by Gasteiger charge is 2.40. The van der Waals surface area contributed by atoms with E-state index in [0.717, 1.165) is 21.8 Å². The lowest BCUT2D eigenvalue weighted by Gasteiger charge is -2.30. The molecule has 1 saturated heterocycles. The van der Waals surface area contributed by atoms with Crippen LogP contribution < -0.4 is 65.5 Å². The van der Waals surface area contributed by atoms with Crippen molar-refractivity contribution >= 4 is 110 Å². The molecule has 27 nitrogen and oxygen atoms in total. The van der Waals surface area contributed by atoms with Crippen molar-refractivity contribution < 1.29 is 53.1 Å². The molecule has 2 aromatic carbocycles. The third kappa shape index (κ3) is 23.3. The van der Waals surface area contributed by atoms with Gasteiger partial charge < -0.3 is 85.4 Å². The molecule has 512 valence electrons. The number of fused-ring (bicyclic) bond motifs is 2. The number of amides is 9. The number of aromatic nitrogens is 2. The molecule has 1 aliphatic rings. The van der Waals surface area contributed by atoms with Crippen molar-refractivity contribution in [2.75, 3.05) is 43.7 Å². The van der Waals surface area contributed by atoms with Gasteiger partial charge in [0.15, 0.2) is 5.96 Å². The van der Waals surface area contributed by atoms with Crippen LogP contribution in [0.3, 0.4) is 0 Å². The molecule has 0 radical (unpaired) electrons. The Balaban J connectivity index is 1.43. The molecule has 9 amide bonds. The number of hydrogen-bond acceptors (Lipinski definition) is 15. The van der Waals surface area contributed by atoms with Gasteiger partial charge in [-0.1, -0.05) is 70.5 Å². The number of rotatable bonds is 40. The number of benzene rings is 2. The first-order valence-electron chi connectivity index (χ1n) is 32.0. The van der Waals surface area contributed by atoms with E-state index in [1.54, 1.807) is 32.5 Å². The van der Waals surface area contributed by atoms with E-state index >= 15 is 9.59 Å². The van der Waals surface area contributed by atoms with E-state index in [4.69, 9.17) is 22.9 Å². The maximum Gasteiger partial charge on any atom is 0.326 e. The molecule has 19 N–H and O–H groups in total. The average molecular weight is 1330 g/mol.